The van der Waals surface area contributed by atoms with E-state index in [1.165, 1.54) is 0 Å². The van der Waals surface area contributed by atoms with Gasteiger partial charge in [-0.3, -0.25) is 4.79 Å². The van der Waals surface area contributed by atoms with Crippen LogP contribution < -0.4 is 0 Å². The Balaban J connectivity index is 1.68. The molecule has 1 atom stereocenters. The third-order valence-corrected chi connectivity index (χ3v) is 5.57. The zero-order chi connectivity index (χ0) is 20.0. The van der Waals surface area contributed by atoms with Crippen molar-refractivity contribution in [2.75, 3.05) is 0 Å². The van der Waals surface area contributed by atoms with Crippen LogP contribution in [0, 0.1) is 5.41 Å². The van der Waals surface area contributed by atoms with Crippen molar-refractivity contribution in [3.63, 3.8) is 0 Å². The summed E-state index contributed by atoms with van der Waals surface area (Å²) in [7, 11) is 0. The number of carbonyl (C=O) groups excluding carboxylic acids is 1. The summed E-state index contributed by atoms with van der Waals surface area (Å²) in [6, 6.07) is 19.7. The van der Waals surface area contributed by atoms with E-state index in [1.807, 2.05) is 76.2 Å². The Kier molecular flexibility index (Phi) is 3.94. The smallest absolute Gasteiger partial charge is 0.167 e. The molecule has 2 heterocycles. The van der Waals surface area contributed by atoms with Crippen LogP contribution in [0.5, 0.6) is 0 Å². The number of ketones is 1. The standard InChI is InChI=1S/C23H21N5O/c1-23(2)13-20(29)18-14-24-28(17-11-7-4-8-12-17)21(18)22(23)27-15-19(25-26-27)16-9-5-3-6-10-16/h3-12,14-15,22H,13H2,1-2H3. The first-order chi connectivity index (χ1) is 14.0. The summed E-state index contributed by atoms with van der Waals surface area (Å²) in [5.41, 5.74) is 3.94. The van der Waals surface area contributed by atoms with Gasteiger partial charge in [-0.25, -0.2) is 9.36 Å². The first-order valence-electron chi connectivity index (χ1n) is 9.68. The summed E-state index contributed by atoms with van der Waals surface area (Å²) >= 11 is 0. The molecule has 1 unspecified atom stereocenters. The maximum absolute atomic E-state index is 12.9. The number of rotatable bonds is 3. The molecule has 6 nitrogen and oxygen atoms in total. The molecule has 0 saturated heterocycles. The molecule has 0 fully saturated rings. The van der Waals surface area contributed by atoms with E-state index in [0.29, 0.717) is 12.0 Å². The normalized spacial score (nSPS) is 17.9. The average Bonchev–Trinajstić information content (AvgIpc) is 3.37. The van der Waals surface area contributed by atoms with Gasteiger partial charge in [0, 0.05) is 17.4 Å². The molecule has 2 aromatic heterocycles. The van der Waals surface area contributed by atoms with E-state index in [0.717, 1.165) is 22.6 Å². The van der Waals surface area contributed by atoms with Gasteiger partial charge in [0.1, 0.15) is 11.7 Å². The van der Waals surface area contributed by atoms with Gasteiger partial charge in [-0.2, -0.15) is 5.10 Å². The number of carbonyl (C=O) groups is 1. The van der Waals surface area contributed by atoms with Crippen molar-refractivity contribution in [1.82, 2.24) is 24.8 Å². The predicted molar refractivity (Wildman–Crippen MR) is 110 cm³/mol. The lowest BCUT2D eigenvalue weighted by Crippen LogP contribution is -2.37. The van der Waals surface area contributed by atoms with Gasteiger partial charge in [-0.1, -0.05) is 67.6 Å². The number of fused-ring (bicyclic) bond motifs is 1. The molecule has 0 radical (unpaired) electrons. The van der Waals surface area contributed by atoms with Crippen molar-refractivity contribution in [3.8, 4) is 16.9 Å². The quantitative estimate of drug-likeness (QED) is 0.528. The van der Waals surface area contributed by atoms with Crippen LogP contribution in [-0.2, 0) is 0 Å². The molecule has 1 aliphatic rings. The topological polar surface area (TPSA) is 65.6 Å². The van der Waals surface area contributed by atoms with E-state index in [4.69, 9.17) is 0 Å². The van der Waals surface area contributed by atoms with E-state index in [1.54, 1.807) is 6.20 Å². The van der Waals surface area contributed by atoms with Crippen molar-refractivity contribution in [2.24, 2.45) is 5.41 Å². The number of hydrogen-bond acceptors (Lipinski definition) is 4. The van der Waals surface area contributed by atoms with Gasteiger partial charge in [0.05, 0.1) is 29.3 Å². The van der Waals surface area contributed by atoms with Crippen LogP contribution in [0.4, 0.5) is 0 Å². The predicted octanol–water partition coefficient (Wildman–Crippen LogP) is 4.33. The number of para-hydroxylation sites is 1. The molecule has 144 valence electrons. The lowest BCUT2D eigenvalue weighted by molar-refractivity contribution is 0.0855. The summed E-state index contributed by atoms with van der Waals surface area (Å²) < 4.78 is 3.75. The SMILES string of the molecule is CC1(C)CC(=O)c2cnn(-c3ccccc3)c2C1n1cc(-c2ccccc2)nn1. The molecule has 0 bridgehead atoms. The summed E-state index contributed by atoms with van der Waals surface area (Å²) in [6.07, 6.45) is 4.08. The fraction of sp³-hybridized carbons (Fsp3) is 0.217. The molecule has 2 aromatic carbocycles. The Bertz CT molecular complexity index is 1170. The van der Waals surface area contributed by atoms with Gasteiger partial charge >= 0.3 is 0 Å². The van der Waals surface area contributed by atoms with Crippen LogP contribution in [0.25, 0.3) is 16.9 Å². The molecule has 0 saturated carbocycles. The second kappa shape index (κ2) is 6.51. The number of Topliss-reactive ketones (excluding diaryl/α,β-unsaturated/α-hetero) is 1. The van der Waals surface area contributed by atoms with E-state index in [9.17, 15) is 4.79 Å². The first-order valence-corrected chi connectivity index (χ1v) is 9.68. The largest absolute Gasteiger partial charge is 0.294 e. The summed E-state index contributed by atoms with van der Waals surface area (Å²) in [6.45, 7) is 4.20. The highest BCUT2D eigenvalue weighted by atomic mass is 16.1. The van der Waals surface area contributed by atoms with Gasteiger partial charge in [0.15, 0.2) is 5.78 Å². The third-order valence-electron chi connectivity index (χ3n) is 5.57. The third kappa shape index (κ3) is 2.88. The lowest BCUT2D eigenvalue weighted by atomic mass is 9.72. The number of nitrogens with zero attached hydrogens (tertiary/aromatic N) is 5. The van der Waals surface area contributed by atoms with Gasteiger partial charge in [-0.05, 0) is 12.1 Å². The van der Waals surface area contributed by atoms with E-state index in [-0.39, 0.29) is 17.2 Å². The molecule has 0 aliphatic heterocycles. The van der Waals surface area contributed by atoms with Gasteiger partial charge in [0.2, 0.25) is 0 Å². The minimum atomic E-state index is -0.335. The van der Waals surface area contributed by atoms with Crippen molar-refractivity contribution in [1.29, 1.82) is 0 Å². The van der Waals surface area contributed by atoms with Crippen molar-refractivity contribution < 1.29 is 4.79 Å². The summed E-state index contributed by atoms with van der Waals surface area (Å²) in [5.74, 6) is 0.117. The maximum Gasteiger partial charge on any atom is 0.167 e. The Morgan fingerprint density at radius 3 is 2.41 bits per heavy atom. The monoisotopic (exact) mass is 383 g/mol. The molecule has 5 rings (SSSR count). The lowest BCUT2D eigenvalue weighted by Gasteiger charge is -2.37. The van der Waals surface area contributed by atoms with Crippen molar-refractivity contribution in [2.45, 2.75) is 26.3 Å². The van der Waals surface area contributed by atoms with Crippen LogP contribution in [-0.4, -0.2) is 30.6 Å². The van der Waals surface area contributed by atoms with Gasteiger partial charge in [0.25, 0.3) is 0 Å². The van der Waals surface area contributed by atoms with Crippen LogP contribution in [0.3, 0.4) is 0 Å². The molecular formula is C23H21N5O. The van der Waals surface area contributed by atoms with E-state index >= 15 is 0 Å². The van der Waals surface area contributed by atoms with Crippen molar-refractivity contribution >= 4 is 5.78 Å². The Labute approximate surface area is 168 Å². The summed E-state index contributed by atoms with van der Waals surface area (Å²) in [5, 5.41) is 13.4. The van der Waals surface area contributed by atoms with Crippen LogP contribution in [0.2, 0.25) is 0 Å². The van der Waals surface area contributed by atoms with Gasteiger partial charge in [-0.15, -0.1) is 5.10 Å². The highest BCUT2D eigenvalue weighted by Gasteiger charge is 2.44. The first kappa shape index (κ1) is 17.6. The molecular weight excluding hydrogens is 362 g/mol. The second-order valence-electron chi connectivity index (χ2n) is 8.13. The van der Waals surface area contributed by atoms with Crippen LogP contribution >= 0.6 is 0 Å². The molecule has 1 aliphatic carbocycles. The maximum atomic E-state index is 12.9. The Morgan fingerprint density at radius 1 is 1.00 bits per heavy atom. The summed E-state index contributed by atoms with van der Waals surface area (Å²) in [4.78, 5) is 12.9. The second-order valence-corrected chi connectivity index (χ2v) is 8.13. The Hall–Kier alpha value is -3.54. The molecule has 6 heteroatoms. The minimum Gasteiger partial charge on any atom is -0.294 e. The van der Waals surface area contributed by atoms with Gasteiger partial charge < -0.3 is 0 Å². The fourth-order valence-electron chi connectivity index (χ4n) is 4.21. The minimum absolute atomic E-state index is 0.117. The molecule has 4 aromatic rings. The van der Waals surface area contributed by atoms with Crippen molar-refractivity contribution in [3.05, 3.63) is 84.3 Å². The number of benzene rings is 2. The zero-order valence-corrected chi connectivity index (χ0v) is 16.4. The van der Waals surface area contributed by atoms with E-state index in [2.05, 4.69) is 29.3 Å². The fourth-order valence-corrected chi connectivity index (χ4v) is 4.21. The molecule has 29 heavy (non-hydrogen) atoms. The zero-order valence-electron chi connectivity index (χ0n) is 16.4. The van der Waals surface area contributed by atoms with Crippen LogP contribution in [0.1, 0.15) is 42.4 Å². The van der Waals surface area contributed by atoms with E-state index < -0.39 is 0 Å². The van der Waals surface area contributed by atoms with Crippen LogP contribution in [0.15, 0.2) is 73.1 Å². The highest BCUT2D eigenvalue weighted by Crippen LogP contribution is 2.46. The average molecular weight is 383 g/mol. The Morgan fingerprint density at radius 2 is 1.69 bits per heavy atom. The molecule has 0 N–H and O–H groups in total. The number of hydrogen-bond donors (Lipinski definition) is 0. The molecule has 0 amide bonds. The number of aromatic nitrogens is 5. The molecule has 0 spiro atoms. The highest BCUT2D eigenvalue weighted by molar-refractivity contribution is 5.99.